The van der Waals surface area contributed by atoms with Crippen molar-refractivity contribution in [3.63, 3.8) is 0 Å². The monoisotopic (exact) mass is 337 g/mol. The average molecular weight is 337 g/mol. The summed E-state index contributed by atoms with van der Waals surface area (Å²) in [5.74, 6) is -0.692. The molecule has 0 saturated carbocycles. The van der Waals surface area contributed by atoms with Crippen LogP contribution in [0.1, 0.15) is 15.2 Å². The van der Waals surface area contributed by atoms with Gasteiger partial charge in [-0.3, -0.25) is 0 Å². The number of carbonyl (C=O) groups excluding carboxylic acids is 1. The highest BCUT2D eigenvalue weighted by Crippen LogP contribution is 2.30. The molecule has 0 fully saturated rings. The first-order valence-electron chi connectivity index (χ1n) is 6.16. The van der Waals surface area contributed by atoms with Gasteiger partial charge >= 0.3 is 5.97 Å². The van der Waals surface area contributed by atoms with Crippen LogP contribution in [-0.2, 0) is 19.5 Å². The summed E-state index contributed by atoms with van der Waals surface area (Å²) < 4.78 is 36.0. The zero-order valence-electron chi connectivity index (χ0n) is 12.2. The molecule has 0 aliphatic carbocycles. The van der Waals surface area contributed by atoms with Crippen molar-refractivity contribution in [2.24, 2.45) is 0 Å². The summed E-state index contributed by atoms with van der Waals surface area (Å²) in [6, 6.07) is 0. The minimum atomic E-state index is -3.91. The molecular formula is C12H19NO6S2. The molecule has 0 atom stereocenters. The number of methoxy groups -OCH3 is 2. The number of sulfonamides is 1. The number of esters is 1. The van der Waals surface area contributed by atoms with E-state index in [0.29, 0.717) is 5.56 Å². The molecule has 0 amide bonds. The summed E-state index contributed by atoms with van der Waals surface area (Å²) in [4.78, 5) is 11.7. The van der Waals surface area contributed by atoms with Gasteiger partial charge in [-0.15, -0.1) is 11.3 Å². The Balaban J connectivity index is 3.27. The van der Waals surface area contributed by atoms with E-state index in [0.717, 1.165) is 15.6 Å². The maximum absolute atomic E-state index is 12.7. The van der Waals surface area contributed by atoms with Gasteiger partial charge in [-0.2, -0.15) is 4.31 Å². The molecule has 120 valence electrons. The molecule has 9 heteroatoms. The van der Waals surface area contributed by atoms with E-state index in [-0.39, 0.29) is 36.1 Å². The number of aryl methyl sites for hydroxylation is 1. The minimum Gasteiger partial charge on any atom is -0.465 e. The van der Waals surface area contributed by atoms with Crippen molar-refractivity contribution in [3.05, 3.63) is 15.8 Å². The smallest absolute Gasteiger partial charge is 0.349 e. The summed E-state index contributed by atoms with van der Waals surface area (Å²) in [7, 11) is -1.25. The van der Waals surface area contributed by atoms with E-state index in [1.807, 2.05) is 0 Å². The molecule has 0 spiro atoms. The zero-order chi connectivity index (χ0) is 16.0. The topological polar surface area (TPSA) is 93.1 Å². The summed E-state index contributed by atoms with van der Waals surface area (Å²) in [6.45, 7) is 1.51. The van der Waals surface area contributed by atoms with Crippen LogP contribution >= 0.6 is 11.3 Å². The number of nitrogens with zero attached hydrogens (tertiary/aromatic N) is 1. The van der Waals surface area contributed by atoms with Crippen LogP contribution in [0.15, 0.2) is 10.3 Å². The maximum Gasteiger partial charge on any atom is 0.349 e. The second-order valence-corrected chi connectivity index (χ2v) is 6.94. The van der Waals surface area contributed by atoms with E-state index in [2.05, 4.69) is 4.74 Å². The molecule has 7 nitrogen and oxygen atoms in total. The van der Waals surface area contributed by atoms with Gasteiger partial charge in [-0.25, -0.2) is 13.2 Å². The molecule has 0 unspecified atom stereocenters. The van der Waals surface area contributed by atoms with Crippen molar-refractivity contribution >= 4 is 27.3 Å². The van der Waals surface area contributed by atoms with Crippen LogP contribution in [0.4, 0.5) is 0 Å². The molecule has 0 aliphatic heterocycles. The lowest BCUT2D eigenvalue weighted by Crippen LogP contribution is -2.37. The van der Waals surface area contributed by atoms with Gasteiger partial charge in [0.05, 0.1) is 20.3 Å². The van der Waals surface area contributed by atoms with Gasteiger partial charge in [-0.1, -0.05) is 0 Å². The van der Waals surface area contributed by atoms with Gasteiger partial charge < -0.3 is 14.6 Å². The van der Waals surface area contributed by atoms with Crippen LogP contribution in [0, 0.1) is 6.92 Å². The molecule has 0 bridgehead atoms. The number of carbonyl (C=O) groups is 1. The Hall–Kier alpha value is -1.00. The van der Waals surface area contributed by atoms with Gasteiger partial charge in [0, 0.05) is 20.2 Å². The number of ether oxygens (including phenoxy) is 2. The van der Waals surface area contributed by atoms with Crippen molar-refractivity contribution in [1.82, 2.24) is 4.31 Å². The third kappa shape index (κ3) is 4.01. The predicted molar refractivity (Wildman–Crippen MR) is 78.1 cm³/mol. The summed E-state index contributed by atoms with van der Waals surface area (Å²) in [5, 5.41) is 10.6. The molecule has 1 aromatic rings. The van der Waals surface area contributed by atoms with Gasteiger partial charge in [0.15, 0.2) is 0 Å². The lowest BCUT2D eigenvalue weighted by molar-refractivity contribution is 0.0602. The third-order valence-corrected chi connectivity index (χ3v) is 6.07. The Kier molecular flexibility index (Phi) is 6.75. The fourth-order valence-corrected chi connectivity index (χ4v) is 4.85. The third-order valence-electron chi connectivity index (χ3n) is 2.78. The zero-order valence-corrected chi connectivity index (χ0v) is 13.8. The quantitative estimate of drug-likeness (QED) is 0.693. The number of rotatable bonds is 8. The second kappa shape index (κ2) is 7.85. The van der Waals surface area contributed by atoms with Crippen molar-refractivity contribution in [2.45, 2.75) is 11.8 Å². The SMILES string of the molecule is COCCN(CCO)S(=O)(=O)c1c(C)csc1C(=O)OC. The molecule has 1 rings (SSSR count). The Morgan fingerprint density at radius 3 is 2.57 bits per heavy atom. The molecule has 1 N–H and O–H groups in total. The Labute approximate surface area is 128 Å². The number of hydrogen-bond donors (Lipinski definition) is 1. The molecule has 21 heavy (non-hydrogen) atoms. The summed E-state index contributed by atoms with van der Waals surface area (Å²) >= 11 is 1.02. The number of thiophene rings is 1. The van der Waals surface area contributed by atoms with Gasteiger partial charge in [-0.05, 0) is 17.9 Å². The highest BCUT2D eigenvalue weighted by molar-refractivity contribution is 7.89. The maximum atomic E-state index is 12.7. The number of aliphatic hydroxyl groups is 1. The van der Waals surface area contributed by atoms with Crippen LogP contribution in [0.25, 0.3) is 0 Å². The predicted octanol–water partition coefficient (Wildman–Crippen LogP) is 0.473. The lowest BCUT2D eigenvalue weighted by atomic mass is 10.3. The molecular weight excluding hydrogens is 318 g/mol. The Bertz CT molecular complexity index is 581. The van der Waals surface area contributed by atoms with E-state index < -0.39 is 16.0 Å². The van der Waals surface area contributed by atoms with Crippen molar-refractivity contribution in [1.29, 1.82) is 0 Å². The second-order valence-electron chi connectivity index (χ2n) is 4.19. The van der Waals surface area contributed by atoms with E-state index in [9.17, 15) is 13.2 Å². The molecule has 0 radical (unpaired) electrons. The van der Waals surface area contributed by atoms with Crippen LogP contribution in [0.5, 0.6) is 0 Å². The standard InChI is InChI=1S/C12H19NO6S2/c1-9-8-20-10(12(15)19-3)11(9)21(16,17)13(4-6-14)5-7-18-2/h8,14H,4-7H2,1-3H3. The van der Waals surface area contributed by atoms with Crippen molar-refractivity contribution in [3.8, 4) is 0 Å². The normalized spacial score (nSPS) is 11.9. The van der Waals surface area contributed by atoms with Gasteiger partial charge in [0.1, 0.15) is 9.77 Å². The van der Waals surface area contributed by atoms with E-state index in [1.54, 1.807) is 12.3 Å². The van der Waals surface area contributed by atoms with Crippen LogP contribution in [-0.4, -0.2) is 64.3 Å². The van der Waals surface area contributed by atoms with Crippen molar-refractivity contribution < 1.29 is 27.8 Å². The van der Waals surface area contributed by atoms with Crippen LogP contribution in [0.2, 0.25) is 0 Å². The van der Waals surface area contributed by atoms with Crippen molar-refractivity contribution in [2.75, 3.05) is 40.5 Å². The first kappa shape index (κ1) is 18.1. The summed E-state index contributed by atoms with van der Waals surface area (Å²) in [6.07, 6.45) is 0. The first-order chi connectivity index (χ1) is 9.89. The van der Waals surface area contributed by atoms with Crippen LogP contribution in [0.3, 0.4) is 0 Å². The highest BCUT2D eigenvalue weighted by atomic mass is 32.2. The van der Waals surface area contributed by atoms with E-state index >= 15 is 0 Å². The van der Waals surface area contributed by atoms with Gasteiger partial charge in [0.25, 0.3) is 0 Å². The molecule has 1 heterocycles. The Morgan fingerprint density at radius 1 is 1.38 bits per heavy atom. The fraction of sp³-hybridized carbons (Fsp3) is 0.583. The first-order valence-corrected chi connectivity index (χ1v) is 8.48. The van der Waals surface area contributed by atoms with Gasteiger partial charge in [0.2, 0.25) is 10.0 Å². The molecule has 0 aliphatic rings. The average Bonchev–Trinajstić information content (AvgIpc) is 2.84. The Morgan fingerprint density at radius 2 is 2.05 bits per heavy atom. The summed E-state index contributed by atoms with van der Waals surface area (Å²) in [5.41, 5.74) is 0.473. The van der Waals surface area contributed by atoms with E-state index in [4.69, 9.17) is 9.84 Å². The van der Waals surface area contributed by atoms with Crippen LogP contribution < -0.4 is 0 Å². The largest absolute Gasteiger partial charge is 0.465 e. The molecule has 0 aromatic carbocycles. The molecule has 1 aromatic heterocycles. The highest BCUT2D eigenvalue weighted by Gasteiger charge is 2.32. The minimum absolute atomic E-state index is 0.0374. The molecule has 0 saturated heterocycles. The lowest BCUT2D eigenvalue weighted by Gasteiger charge is -2.21. The van der Waals surface area contributed by atoms with E-state index in [1.165, 1.54) is 14.2 Å². The number of hydrogen-bond acceptors (Lipinski definition) is 7. The number of aliphatic hydroxyl groups excluding tert-OH is 1. The fourth-order valence-electron chi connectivity index (χ4n) is 1.77.